The molecule has 3 aromatic rings. The molecule has 1 amide bonds. The van der Waals surface area contributed by atoms with Gasteiger partial charge in [0.2, 0.25) is 5.91 Å². The Morgan fingerprint density at radius 2 is 2.06 bits per heavy atom. The van der Waals surface area contributed by atoms with Crippen molar-refractivity contribution in [2.45, 2.75) is 19.8 Å². The third-order valence-corrected chi connectivity index (χ3v) is 5.50. The van der Waals surface area contributed by atoms with Crippen LogP contribution in [0.15, 0.2) is 42.6 Å². The summed E-state index contributed by atoms with van der Waals surface area (Å²) in [7, 11) is 0. The van der Waals surface area contributed by atoms with Crippen LogP contribution in [0.25, 0.3) is 11.3 Å². The van der Waals surface area contributed by atoms with Crippen LogP contribution in [0, 0.1) is 10.5 Å². The highest BCUT2D eigenvalue weighted by molar-refractivity contribution is 7.71. The Labute approximate surface area is 207 Å². The maximum absolute atomic E-state index is 14.3. The summed E-state index contributed by atoms with van der Waals surface area (Å²) in [6.45, 7) is 4.93. The zero-order valence-corrected chi connectivity index (χ0v) is 20.3. The smallest absolute Gasteiger partial charge is 0.226 e. The standard InChI is InChI=1S/C23H27ClFN7OS/c1-2-9-32(11-7-26)10-6-22(33)29-21-13-16(5-8-27-21)28-20-14-19(30-31-23(20)34)17-12-15(24)3-4-18(17)25/h3-5,8,12-14H,2,6-7,9-11,26H2,1H3,(H,31,34)(H2,27,28,29,30,33). The molecule has 0 fully saturated rings. The molecule has 0 atom stereocenters. The first-order chi connectivity index (χ1) is 16.4. The van der Waals surface area contributed by atoms with Crippen LogP contribution in [0.5, 0.6) is 0 Å². The lowest BCUT2D eigenvalue weighted by Gasteiger charge is -2.20. The normalized spacial score (nSPS) is 11.0. The molecule has 0 spiro atoms. The molecule has 180 valence electrons. The van der Waals surface area contributed by atoms with E-state index in [2.05, 4.69) is 37.6 Å². The minimum Gasteiger partial charge on any atom is -0.353 e. The number of nitrogens with one attached hydrogen (secondary N) is 3. The van der Waals surface area contributed by atoms with Gasteiger partial charge in [0.05, 0.1) is 11.4 Å². The summed E-state index contributed by atoms with van der Waals surface area (Å²) < 4.78 is 14.6. The summed E-state index contributed by atoms with van der Waals surface area (Å²) in [4.78, 5) is 18.8. The molecule has 0 radical (unpaired) electrons. The van der Waals surface area contributed by atoms with Gasteiger partial charge in [-0.15, -0.1) is 0 Å². The van der Waals surface area contributed by atoms with Crippen molar-refractivity contribution in [2.24, 2.45) is 5.73 Å². The van der Waals surface area contributed by atoms with Crippen LogP contribution in [0.1, 0.15) is 19.8 Å². The molecule has 2 heterocycles. The van der Waals surface area contributed by atoms with Crippen molar-refractivity contribution in [2.75, 3.05) is 36.8 Å². The quantitative estimate of drug-likeness (QED) is 0.280. The third kappa shape index (κ3) is 7.29. The molecule has 1 aromatic carbocycles. The highest BCUT2D eigenvalue weighted by Crippen LogP contribution is 2.27. The minimum atomic E-state index is -0.453. The summed E-state index contributed by atoms with van der Waals surface area (Å²) in [5.74, 6) is -0.185. The molecule has 8 nitrogen and oxygen atoms in total. The van der Waals surface area contributed by atoms with Crippen LogP contribution in [-0.2, 0) is 4.79 Å². The SMILES string of the molecule is CCCN(CCN)CCC(=O)Nc1cc(Nc2cc(-c3cc(Cl)ccc3F)n[nH]c2=S)ccn1. The summed E-state index contributed by atoms with van der Waals surface area (Å²) >= 11 is 11.3. The monoisotopic (exact) mass is 503 g/mol. The predicted octanol–water partition coefficient (Wildman–Crippen LogP) is 4.74. The van der Waals surface area contributed by atoms with E-state index in [9.17, 15) is 9.18 Å². The minimum absolute atomic E-state index is 0.136. The lowest BCUT2D eigenvalue weighted by Crippen LogP contribution is -2.33. The van der Waals surface area contributed by atoms with E-state index in [-0.39, 0.29) is 11.5 Å². The average molecular weight is 504 g/mol. The molecule has 5 N–H and O–H groups in total. The van der Waals surface area contributed by atoms with Gasteiger partial charge >= 0.3 is 0 Å². The van der Waals surface area contributed by atoms with E-state index in [1.165, 1.54) is 18.2 Å². The van der Waals surface area contributed by atoms with Crippen molar-refractivity contribution in [1.29, 1.82) is 0 Å². The van der Waals surface area contributed by atoms with E-state index in [1.807, 2.05) is 0 Å². The van der Waals surface area contributed by atoms with Gasteiger partial charge in [-0.3, -0.25) is 9.89 Å². The van der Waals surface area contributed by atoms with Gasteiger partial charge in [0.15, 0.2) is 0 Å². The molecule has 3 rings (SSSR count). The number of hydrogen-bond donors (Lipinski definition) is 4. The number of benzene rings is 1. The number of amides is 1. The summed E-state index contributed by atoms with van der Waals surface area (Å²) in [5, 5.41) is 13.2. The second kappa shape index (κ2) is 12.5. The molecule has 0 saturated heterocycles. The number of carbonyl (C=O) groups excluding carboxylic acids is 1. The van der Waals surface area contributed by atoms with Crippen LogP contribution in [0.4, 0.5) is 21.6 Å². The van der Waals surface area contributed by atoms with Crippen LogP contribution < -0.4 is 16.4 Å². The topological polar surface area (TPSA) is 112 Å². The van der Waals surface area contributed by atoms with Gasteiger partial charge in [0.1, 0.15) is 16.3 Å². The van der Waals surface area contributed by atoms with Crippen molar-refractivity contribution in [3.8, 4) is 11.3 Å². The second-order valence-electron chi connectivity index (χ2n) is 7.60. The Bertz CT molecular complexity index is 1180. The maximum atomic E-state index is 14.3. The largest absolute Gasteiger partial charge is 0.353 e. The molecule has 0 aliphatic rings. The number of rotatable bonds is 11. The first kappa shape index (κ1) is 25.7. The molecule has 34 heavy (non-hydrogen) atoms. The van der Waals surface area contributed by atoms with Crippen molar-refractivity contribution in [3.63, 3.8) is 0 Å². The number of H-pyrrole nitrogens is 1. The number of nitrogens with two attached hydrogens (primary N) is 1. The fourth-order valence-electron chi connectivity index (χ4n) is 3.36. The first-order valence-electron chi connectivity index (χ1n) is 10.9. The molecule has 0 saturated carbocycles. The van der Waals surface area contributed by atoms with E-state index >= 15 is 0 Å². The molecular formula is C23H27ClFN7OS. The average Bonchev–Trinajstić information content (AvgIpc) is 2.81. The first-order valence-corrected chi connectivity index (χ1v) is 11.7. The molecule has 2 aromatic heterocycles. The van der Waals surface area contributed by atoms with Crippen LogP contribution >= 0.6 is 23.8 Å². The van der Waals surface area contributed by atoms with Gasteiger partial charge in [-0.1, -0.05) is 30.7 Å². The number of aromatic amines is 1. The van der Waals surface area contributed by atoms with E-state index in [1.54, 1.807) is 24.4 Å². The van der Waals surface area contributed by atoms with Crippen molar-refractivity contribution >= 4 is 46.9 Å². The molecular weight excluding hydrogens is 477 g/mol. The van der Waals surface area contributed by atoms with Crippen LogP contribution in [0.2, 0.25) is 5.02 Å². The molecule has 0 aliphatic carbocycles. The number of pyridine rings is 1. The Kier molecular flexibility index (Phi) is 9.46. The fourth-order valence-corrected chi connectivity index (χ4v) is 3.69. The summed E-state index contributed by atoms with van der Waals surface area (Å²) in [5.41, 5.74) is 7.38. The van der Waals surface area contributed by atoms with Crippen molar-refractivity contribution < 1.29 is 9.18 Å². The van der Waals surface area contributed by atoms with Gasteiger partial charge < -0.3 is 21.3 Å². The second-order valence-corrected chi connectivity index (χ2v) is 8.45. The Balaban J connectivity index is 1.70. The Hall–Kier alpha value is -2.92. The fraction of sp³-hybridized carbons (Fsp3) is 0.304. The lowest BCUT2D eigenvalue weighted by molar-refractivity contribution is -0.116. The number of aromatic nitrogens is 3. The number of hydrogen-bond acceptors (Lipinski definition) is 7. The number of nitrogens with zero attached hydrogens (tertiary/aromatic N) is 3. The van der Waals surface area contributed by atoms with Gasteiger partial charge in [0, 0.05) is 54.6 Å². The highest BCUT2D eigenvalue weighted by atomic mass is 35.5. The molecule has 0 unspecified atom stereocenters. The number of anilines is 3. The molecule has 11 heteroatoms. The maximum Gasteiger partial charge on any atom is 0.226 e. The molecule has 0 aliphatic heterocycles. The van der Waals surface area contributed by atoms with E-state index in [0.29, 0.717) is 52.1 Å². The third-order valence-electron chi connectivity index (χ3n) is 4.95. The van der Waals surface area contributed by atoms with Crippen molar-refractivity contribution in [3.05, 3.63) is 58.1 Å². The summed E-state index contributed by atoms with van der Waals surface area (Å²) in [6.07, 6.45) is 2.91. The Morgan fingerprint density at radius 3 is 2.82 bits per heavy atom. The van der Waals surface area contributed by atoms with Gasteiger partial charge in [-0.05, 0) is 43.3 Å². The van der Waals surface area contributed by atoms with Crippen molar-refractivity contribution in [1.82, 2.24) is 20.1 Å². The number of carbonyl (C=O) groups is 1. The highest BCUT2D eigenvalue weighted by Gasteiger charge is 2.11. The van der Waals surface area contributed by atoms with E-state index in [0.717, 1.165) is 19.5 Å². The zero-order chi connectivity index (χ0) is 24.5. The van der Waals surface area contributed by atoms with Gasteiger partial charge in [-0.2, -0.15) is 5.10 Å². The predicted molar refractivity (Wildman–Crippen MR) is 136 cm³/mol. The van der Waals surface area contributed by atoms with E-state index < -0.39 is 5.82 Å². The van der Waals surface area contributed by atoms with Gasteiger partial charge in [0.25, 0.3) is 0 Å². The Morgan fingerprint density at radius 1 is 1.24 bits per heavy atom. The zero-order valence-electron chi connectivity index (χ0n) is 18.8. The van der Waals surface area contributed by atoms with Gasteiger partial charge in [-0.25, -0.2) is 9.37 Å². The van der Waals surface area contributed by atoms with Crippen LogP contribution in [-0.4, -0.2) is 52.2 Å². The summed E-state index contributed by atoms with van der Waals surface area (Å²) in [6, 6.07) is 9.30. The van der Waals surface area contributed by atoms with Crippen LogP contribution in [0.3, 0.4) is 0 Å². The lowest BCUT2D eigenvalue weighted by atomic mass is 10.1. The molecule has 0 bridgehead atoms. The number of halogens is 2. The van der Waals surface area contributed by atoms with E-state index in [4.69, 9.17) is 29.6 Å².